The van der Waals surface area contributed by atoms with Gasteiger partial charge in [-0.15, -0.1) is 0 Å². The molecule has 0 unspecified atom stereocenters. The van der Waals surface area contributed by atoms with Gasteiger partial charge in [0.25, 0.3) is 0 Å². The summed E-state index contributed by atoms with van der Waals surface area (Å²) < 4.78 is 0. The van der Waals surface area contributed by atoms with E-state index in [1.165, 1.54) is 19.3 Å². The Labute approximate surface area is 71.9 Å². The summed E-state index contributed by atoms with van der Waals surface area (Å²) in [4.78, 5) is 0. The quantitative estimate of drug-likeness (QED) is 0.455. The van der Waals surface area contributed by atoms with Gasteiger partial charge in [-0.25, -0.2) is 0 Å². The molecule has 0 nitrogen and oxygen atoms in total. The largest absolute Gasteiger partial charge is 0.329 e. The van der Waals surface area contributed by atoms with Crippen molar-refractivity contribution in [1.82, 2.24) is 0 Å². The van der Waals surface area contributed by atoms with Crippen LogP contribution in [0.4, 0.5) is 0 Å². The molecule has 0 rings (SSSR count). The summed E-state index contributed by atoms with van der Waals surface area (Å²) in [7, 11) is 0. The van der Waals surface area contributed by atoms with E-state index in [4.69, 9.17) is 0 Å². The molecule has 0 saturated heterocycles. The van der Waals surface area contributed by atoms with Crippen LogP contribution in [0.25, 0.3) is 0 Å². The Morgan fingerprint density at radius 1 is 1.29 bits per heavy atom. The number of hydrogen-bond acceptors (Lipinski definition) is 0. The van der Waals surface area contributed by atoms with Crippen LogP contribution in [0.2, 0.25) is 0 Å². The normalized spacial score (nSPS) is 7.71. The fourth-order valence-corrected chi connectivity index (χ4v) is 0.408. The Morgan fingerprint density at radius 3 is 2.00 bits per heavy atom. The molecule has 0 N–H and O–H groups in total. The minimum absolute atomic E-state index is 0. The molecule has 41 valence electrons. The van der Waals surface area contributed by atoms with Crippen molar-refractivity contribution in [1.29, 1.82) is 0 Å². The standard InChI is InChI=1S/C6H13.Y/c1-3-5-6-4-2;/h5H,3-4,6H2,1-2H3;/q-1;. The summed E-state index contributed by atoms with van der Waals surface area (Å²) in [5.74, 6) is 0. The van der Waals surface area contributed by atoms with Crippen molar-refractivity contribution in [2.24, 2.45) is 0 Å². The zero-order chi connectivity index (χ0) is 4.83. The van der Waals surface area contributed by atoms with Crippen LogP contribution >= 0.6 is 0 Å². The van der Waals surface area contributed by atoms with Crippen LogP contribution in [0, 0.1) is 6.42 Å². The van der Waals surface area contributed by atoms with E-state index >= 15 is 0 Å². The summed E-state index contributed by atoms with van der Waals surface area (Å²) in [6.07, 6.45) is 6.12. The maximum absolute atomic E-state index is 2.31. The van der Waals surface area contributed by atoms with Gasteiger partial charge in [0, 0.05) is 32.7 Å². The van der Waals surface area contributed by atoms with Crippen molar-refractivity contribution in [3.63, 3.8) is 0 Å². The average Bonchev–Trinajstić information content (AvgIpc) is 1.61. The van der Waals surface area contributed by atoms with Crippen molar-refractivity contribution in [3.8, 4) is 0 Å². The molecule has 0 saturated carbocycles. The van der Waals surface area contributed by atoms with E-state index in [0.717, 1.165) is 0 Å². The van der Waals surface area contributed by atoms with Crippen molar-refractivity contribution in [3.05, 3.63) is 6.42 Å². The second kappa shape index (κ2) is 10.2. The number of unbranched alkanes of at least 4 members (excludes halogenated alkanes) is 3. The molecule has 7 heavy (non-hydrogen) atoms. The van der Waals surface area contributed by atoms with Gasteiger partial charge in [0.15, 0.2) is 0 Å². The summed E-state index contributed by atoms with van der Waals surface area (Å²) in [5, 5.41) is 0. The van der Waals surface area contributed by atoms with E-state index in [1.807, 2.05) is 0 Å². The third kappa shape index (κ3) is 11.0. The predicted molar refractivity (Wildman–Crippen MR) is 29.5 cm³/mol. The molecule has 0 spiro atoms. The maximum Gasteiger partial charge on any atom is 0 e. The predicted octanol–water partition coefficient (Wildman–Crippen LogP) is 2.40. The molecule has 0 heterocycles. The van der Waals surface area contributed by atoms with Crippen molar-refractivity contribution >= 4 is 0 Å². The zero-order valence-electron chi connectivity index (χ0n) is 5.28. The smallest absolute Gasteiger partial charge is 0 e. The molecular formula is C6H13Y-. The molecule has 0 aromatic rings. The molecule has 0 atom stereocenters. The van der Waals surface area contributed by atoms with E-state index in [9.17, 15) is 0 Å². The van der Waals surface area contributed by atoms with Crippen LogP contribution in [0.5, 0.6) is 0 Å². The number of hydrogen-bond donors (Lipinski definition) is 0. The molecule has 0 bridgehead atoms. The third-order valence-electron chi connectivity index (χ3n) is 0.781. The van der Waals surface area contributed by atoms with Crippen LogP contribution in [0.15, 0.2) is 0 Å². The van der Waals surface area contributed by atoms with E-state index in [1.54, 1.807) is 0 Å². The topological polar surface area (TPSA) is 0 Å². The van der Waals surface area contributed by atoms with Gasteiger partial charge in [-0.2, -0.15) is 12.8 Å². The maximum atomic E-state index is 2.31. The van der Waals surface area contributed by atoms with Gasteiger partial charge in [0.05, 0.1) is 0 Å². The summed E-state index contributed by atoms with van der Waals surface area (Å²) >= 11 is 0. The zero-order valence-corrected chi connectivity index (χ0v) is 8.11. The second-order valence-electron chi connectivity index (χ2n) is 1.49. The number of rotatable bonds is 3. The van der Waals surface area contributed by atoms with E-state index < -0.39 is 0 Å². The van der Waals surface area contributed by atoms with Crippen LogP contribution in [0.1, 0.15) is 33.1 Å². The van der Waals surface area contributed by atoms with Crippen molar-refractivity contribution in [2.75, 3.05) is 0 Å². The van der Waals surface area contributed by atoms with Crippen molar-refractivity contribution in [2.45, 2.75) is 33.1 Å². The minimum Gasteiger partial charge on any atom is -0.329 e. The monoisotopic (exact) mass is 174 g/mol. The van der Waals surface area contributed by atoms with Gasteiger partial charge in [0.1, 0.15) is 0 Å². The van der Waals surface area contributed by atoms with E-state index in [-0.39, 0.29) is 32.7 Å². The molecule has 0 amide bonds. The minimum atomic E-state index is 0. The molecule has 0 aliphatic rings. The Morgan fingerprint density at radius 2 is 1.86 bits per heavy atom. The van der Waals surface area contributed by atoms with E-state index in [0.29, 0.717) is 0 Å². The SMILES string of the molecule is CC[CH-]CCC.[Y]. The molecule has 0 aliphatic heterocycles. The Bertz CT molecular complexity index is 16.1. The molecule has 0 aromatic heterocycles. The first-order chi connectivity index (χ1) is 2.91. The van der Waals surface area contributed by atoms with Gasteiger partial charge in [-0.05, 0) is 0 Å². The van der Waals surface area contributed by atoms with Crippen LogP contribution < -0.4 is 0 Å². The van der Waals surface area contributed by atoms with Crippen molar-refractivity contribution < 1.29 is 32.7 Å². The fourth-order valence-electron chi connectivity index (χ4n) is 0.408. The Kier molecular flexibility index (Phi) is 15.9. The molecular weight excluding hydrogens is 161 g/mol. The molecule has 0 aromatic carbocycles. The summed E-state index contributed by atoms with van der Waals surface area (Å²) in [6.45, 7) is 4.38. The first kappa shape index (κ1) is 11.0. The van der Waals surface area contributed by atoms with Crippen LogP contribution in [-0.4, -0.2) is 0 Å². The second-order valence-corrected chi connectivity index (χ2v) is 1.49. The van der Waals surface area contributed by atoms with Gasteiger partial charge in [-0.1, -0.05) is 20.3 Å². The molecule has 0 aliphatic carbocycles. The van der Waals surface area contributed by atoms with Crippen LogP contribution in [-0.2, 0) is 32.7 Å². The third-order valence-corrected chi connectivity index (χ3v) is 0.781. The summed E-state index contributed by atoms with van der Waals surface area (Å²) in [5.41, 5.74) is 0. The molecule has 1 heteroatoms. The van der Waals surface area contributed by atoms with Gasteiger partial charge >= 0.3 is 0 Å². The molecule has 1 radical (unpaired) electrons. The van der Waals surface area contributed by atoms with Gasteiger partial charge in [-0.3, -0.25) is 0 Å². The first-order valence-corrected chi connectivity index (χ1v) is 2.73. The van der Waals surface area contributed by atoms with E-state index in [2.05, 4.69) is 20.3 Å². The fraction of sp³-hybridized carbons (Fsp3) is 0.833. The Hall–Kier alpha value is 1.10. The first-order valence-electron chi connectivity index (χ1n) is 2.73. The van der Waals surface area contributed by atoms with Crippen LogP contribution in [0.3, 0.4) is 0 Å². The average molecular weight is 174 g/mol. The Balaban J connectivity index is 0. The molecule has 0 fully saturated rings. The summed E-state index contributed by atoms with van der Waals surface area (Å²) in [6, 6.07) is 0. The van der Waals surface area contributed by atoms with Gasteiger partial charge in [0.2, 0.25) is 0 Å². The van der Waals surface area contributed by atoms with Gasteiger partial charge < -0.3 is 6.42 Å².